The summed E-state index contributed by atoms with van der Waals surface area (Å²) >= 11 is 13.0. The molecule has 0 bridgehead atoms. The number of rotatable bonds is 5. The quantitative estimate of drug-likeness (QED) is 0.661. The van der Waals surface area contributed by atoms with Gasteiger partial charge in [0.2, 0.25) is 0 Å². The van der Waals surface area contributed by atoms with Crippen LogP contribution in [0.15, 0.2) is 18.3 Å². The second kappa shape index (κ2) is 6.25. The second-order valence-corrected chi connectivity index (χ2v) is 5.80. The summed E-state index contributed by atoms with van der Waals surface area (Å²) in [5.41, 5.74) is 0.363. The molecule has 0 atom stereocenters. The van der Waals surface area contributed by atoms with Crippen LogP contribution < -0.4 is 10.1 Å². The van der Waals surface area contributed by atoms with E-state index in [1.54, 1.807) is 6.20 Å². The lowest BCUT2D eigenvalue weighted by molar-refractivity contribution is -0.384. The molecular weight excluding hydrogens is 325 g/mol. The van der Waals surface area contributed by atoms with E-state index in [4.69, 9.17) is 27.9 Å². The van der Waals surface area contributed by atoms with Crippen molar-refractivity contribution < 1.29 is 9.66 Å². The Morgan fingerprint density at radius 1 is 1.50 bits per heavy atom. The molecule has 0 saturated carbocycles. The molecule has 1 aromatic heterocycles. The molecule has 9 heteroatoms. The van der Waals surface area contributed by atoms with Crippen molar-refractivity contribution in [3.8, 4) is 5.75 Å². The number of nitro groups is 1. The van der Waals surface area contributed by atoms with Crippen molar-refractivity contribution in [3.63, 3.8) is 0 Å². The van der Waals surface area contributed by atoms with Crippen LogP contribution in [-0.4, -0.2) is 17.0 Å². The molecule has 1 heterocycles. The topological polar surface area (TPSA) is 77.3 Å². The van der Waals surface area contributed by atoms with Crippen molar-refractivity contribution in [1.82, 2.24) is 4.98 Å². The van der Waals surface area contributed by atoms with Crippen LogP contribution in [0.25, 0.3) is 0 Å². The van der Waals surface area contributed by atoms with Crippen LogP contribution in [0.2, 0.25) is 9.49 Å². The zero-order valence-corrected chi connectivity index (χ0v) is 12.6. The number of anilines is 1. The first kappa shape index (κ1) is 14.8. The number of hydrogen-bond donors (Lipinski definition) is 1. The smallest absolute Gasteiger partial charge is 0.291 e. The Morgan fingerprint density at radius 3 is 2.80 bits per heavy atom. The Morgan fingerprint density at radius 2 is 2.25 bits per heavy atom. The molecule has 0 unspecified atom stereocenters. The Balaban J connectivity index is 2.22. The highest BCUT2D eigenvalue weighted by Gasteiger charge is 2.17. The van der Waals surface area contributed by atoms with Crippen LogP contribution in [0.1, 0.15) is 4.88 Å². The van der Waals surface area contributed by atoms with E-state index >= 15 is 0 Å². The average molecular weight is 334 g/mol. The van der Waals surface area contributed by atoms with Crippen molar-refractivity contribution in [2.24, 2.45) is 0 Å². The number of nitrogens with zero attached hydrogens (tertiary/aromatic N) is 2. The van der Waals surface area contributed by atoms with E-state index < -0.39 is 4.92 Å². The van der Waals surface area contributed by atoms with Crippen LogP contribution in [0.4, 0.5) is 11.4 Å². The van der Waals surface area contributed by atoms with Crippen LogP contribution in [0.5, 0.6) is 5.75 Å². The third-order valence-electron chi connectivity index (χ3n) is 2.44. The highest BCUT2D eigenvalue weighted by molar-refractivity contribution is 7.15. The molecule has 1 N–H and O–H groups in total. The van der Waals surface area contributed by atoms with Crippen LogP contribution in [-0.2, 0) is 6.54 Å². The molecule has 20 heavy (non-hydrogen) atoms. The van der Waals surface area contributed by atoms with Crippen molar-refractivity contribution in [1.29, 1.82) is 0 Å². The lowest BCUT2D eigenvalue weighted by Gasteiger charge is -2.10. The predicted octanol–water partition coefficient (Wildman–Crippen LogP) is 3.98. The van der Waals surface area contributed by atoms with Gasteiger partial charge in [0, 0.05) is 11.1 Å². The fraction of sp³-hybridized carbons (Fsp3) is 0.182. The third kappa shape index (κ3) is 3.30. The SMILES string of the molecule is COc1cc([N+](=O)[O-])c(Cl)cc1NCc1cnc(Cl)s1. The number of halogens is 2. The molecule has 0 radical (unpaired) electrons. The van der Waals surface area contributed by atoms with Crippen molar-refractivity contribution in [2.45, 2.75) is 6.54 Å². The fourth-order valence-electron chi connectivity index (χ4n) is 1.54. The number of ether oxygens (including phenoxy) is 1. The molecule has 0 fully saturated rings. The van der Waals surface area contributed by atoms with E-state index in [2.05, 4.69) is 10.3 Å². The van der Waals surface area contributed by atoms with Gasteiger partial charge >= 0.3 is 0 Å². The number of nitrogens with one attached hydrogen (secondary N) is 1. The van der Waals surface area contributed by atoms with Gasteiger partial charge in [-0.3, -0.25) is 10.1 Å². The van der Waals surface area contributed by atoms with Crippen molar-refractivity contribution in [2.75, 3.05) is 12.4 Å². The summed E-state index contributed by atoms with van der Waals surface area (Å²) < 4.78 is 5.58. The molecule has 106 valence electrons. The van der Waals surface area contributed by atoms with E-state index in [-0.39, 0.29) is 10.7 Å². The van der Waals surface area contributed by atoms with Gasteiger partial charge in [0.1, 0.15) is 10.8 Å². The van der Waals surface area contributed by atoms with Gasteiger partial charge in [-0.1, -0.05) is 23.2 Å². The lowest BCUT2D eigenvalue weighted by Crippen LogP contribution is -2.01. The number of aromatic nitrogens is 1. The maximum atomic E-state index is 10.8. The number of benzene rings is 1. The summed E-state index contributed by atoms with van der Waals surface area (Å²) in [6, 6.07) is 2.74. The van der Waals surface area contributed by atoms with Crippen LogP contribution in [0, 0.1) is 10.1 Å². The Hall–Kier alpha value is -1.57. The molecule has 2 rings (SSSR count). The maximum absolute atomic E-state index is 10.8. The minimum absolute atomic E-state index is 0.0423. The van der Waals surface area contributed by atoms with E-state index in [1.807, 2.05) is 0 Å². The van der Waals surface area contributed by atoms with E-state index in [9.17, 15) is 10.1 Å². The first-order chi connectivity index (χ1) is 9.51. The second-order valence-electron chi connectivity index (χ2n) is 3.69. The van der Waals surface area contributed by atoms with Gasteiger partial charge in [-0.2, -0.15) is 0 Å². The van der Waals surface area contributed by atoms with Gasteiger partial charge in [-0.15, -0.1) is 11.3 Å². The highest BCUT2D eigenvalue weighted by Crippen LogP contribution is 2.36. The summed E-state index contributed by atoms with van der Waals surface area (Å²) in [6.45, 7) is 0.467. The molecule has 0 aliphatic carbocycles. The van der Waals surface area contributed by atoms with Crippen molar-refractivity contribution in [3.05, 3.63) is 42.8 Å². The van der Waals surface area contributed by atoms with Gasteiger partial charge in [0.25, 0.3) is 5.69 Å². The highest BCUT2D eigenvalue weighted by atomic mass is 35.5. The lowest BCUT2D eigenvalue weighted by atomic mass is 10.2. The summed E-state index contributed by atoms with van der Waals surface area (Å²) in [5, 5.41) is 13.9. The van der Waals surface area contributed by atoms with Crippen molar-refractivity contribution >= 4 is 45.9 Å². The van der Waals surface area contributed by atoms with Gasteiger partial charge in [-0.05, 0) is 6.07 Å². The Kier molecular flexibility index (Phi) is 4.64. The molecule has 0 saturated heterocycles. The largest absolute Gasteiger partial charge is 0.494 e. The van der Waals surface area contributed by atoms with Gasteiger partial charge in [0.15, 0.2) is 4.47 Å². The normalized spacial score (nSPS) is 10.3. The zero-order chi connectivity index (χ0) is 14.7. The monoisotopic (exact) mass is 333 g/mol. The first-order valence-corrected chi connectivity index (χ1v) is 6.94. The van der Waals surface area contributed by atoms with Gasteiger partial charge < -0.3 is 10.1 Å². The molecular formula is C11H9Cl2N3O3S. The summed E-state index contributed by atoms with van der Waals surface area (Å²) in [6.07, 6.45) is 1.65. The fourth-order valence-corrected chi connectivity index (χ4v) is 2.69. The number of thiazole rings is 1. The molecule has 0 spiro atoms. The Bertz CT molecular complexity index is 648. The van der Waals surface area contributed by atoms with Crippen LogP contribution in [0.3, 0.4) is 0 Å². The third-order valence-corrected chi connectivity index (χ3v) is 3.86. The number of methoxy groups -OCH3 is 1. The number of nitro benzene ring substituents is 1. The standard InChI is InChI=1S/C11H9Cl2N3O3S/c1-19-10-3-9(16(17)18)7(12)2-8(10)14-4-6-5-15-11(13)20-6/h2-3,5,14H,4H2,1H3. The van der Waals surface area contributed by atoms with Gasteiger partial charge in [-0.25, -0.2) is 4.98 Å². The maximum Gasteiger partial charge on any atom is 0.291 e. The molecule has 1 aromatic carbocycles. The predicted molar refractivity (Wildman–Crippen MR) is 79.1 cm³/mol. The molecule has 0 aliphatic heterocycles. The zero-order valence-electron chi connectivity index (χ0n) is 10.2. The van der Waals surface area contributed by atoms with Crippen LogP contribution >= 0.6 is 34.5 Å². The molecule has 0 aliphatic rings. The molecule has 2 aromatic rings. The summed E-state index contributed by atoms with van der Waals surface area (Å²) in [5.74, 6) is 0.344. The Labute approximate surface area is 128 Å². The summed E-state index contributed by atoms with van der Waals surface area (Å²) in [4.78, 5) is 15.1. The minimum atomic E-state index is -0.558. The molecule has 6 nitrogen and oxygen atoms in total. The van der Waals surface area contributed by atoms with E-state index in [1.165, 1.54) is 30.6 Å². The average Bonchev–Trinajstić information content (AvgIpc) is 2.81. The van der Waals surface area contributed by atoms with E-state index in [0.717, 1.165) is 4.88 Å². The minimum Gasteiger partial charge on any atom is -0.494 e. The summed E-state index contributed by atoms with van der Waals surface area (Å²) in [7, 11) is 1.43. The number of hydrogen-bond acceptors (Lipinski definition) is 6. The molecule has 0 amide bonds. The first-order valence-electron chi connectivity index (χ1n) is 5.37. The van der Waals surface area contributed by atoms with Gasteiger partial charge in [0.05, 0.1) is 30.3 Å². The van der Waals surface area contributed by atoms with E-state index in [0.29, 0.717) is 22.4 Å².